The van der Waals surface area contributed by atoms with E-state index in [1.165, 1.54) is 40.6 Å². The molecule has 1 aromatic carbocycles. The third-order valence-electron chi connectivity index (χ3n) is 5.46. The average Bonchev–Trinajstić information content (AvgIpc) is 3.18. The minimum Gasteiger partial charge on any atom is -0.493 e. The van der Waals surface area contributed by atoms with E-state index in [9.17, 15) is 4.79 Å². The summed E-state index contributed by atoms with van der Waals surface area (Å²) >= 11 is 0. The number of unbranched alkanes of at least 4 members (excludes halogenated alkanes) is 3. The maximum absolute atomic E-state index is 12.9. The van der Waals surface area contributed by atoms with Crippen LogP contribution in [0.2, 0.25) is 0 Å². The van der Waals surface area contributed by atoms with Crippen molar-refractivity contribution in [2.75, 3.05) is 21.3 Å². The van der Waals surface area contributed by atoms with Gasteiger partial charge in [-0.25, -0.2) is 0 Å². The van der Waals surface area contributed by atoms with Gasteiger partial charge in [0, 0.05) is 23.4 Å². The number of allylic oxidation sites excluding steroid dienone is 5. The number of ether oxygens (including phenoxy) is 3. The van der Waals surface area contributed by atoms with Gasteiger partial charge in [-0.15, -0.1) is 10.2 Å². The van der Waals surface area contributed by atoms with Crippen molar-refractivity contribution in [2.45, 2.75) is 45.6 Å². The third kappa shape index (κ3) is 6.03. The molecule has 8 heteroatoms. The molecule has 1 aromatic heterocycles. The van der Waals surface area contributed by atoms with E-state index in [0.29, 0.717) is 34.9 Å². The van der Waals surface area contributed by atoms with Gasteiger partial charge in [0.15, 0.2) is 17.3 Å². The van der Waals surface area contributed by atoms with Crippen molar-refractivity contribution in [3.05, 3.63) is 59.8 Å². The highest BCUT2D eigenvalue weighted by Crippen LogP contribution is 2.38. The number of methoxy groups -OCH3 is 3. The SMILES string of the molecule is CCCCCCn1cnnc1C1=CC=CC(NC(=O)c2cc(OC)c(OC)c(OC)c2)=CC1. The van der Waals surface area contributed by atoms with Crippen molar-refractivity contribution in [1.82, 2.24) is 20.1 Å². The van der Waals surface area contributed by atoms with Gasteiger partial charge in [0.2, 0.25) is 5.75 Å². The molecule has 0 saturated carbocycles. The van der Waals surface area contributed by atoms with Crippen molar-refractivity contribution in [2.24, 2.45) is 0 Å². The lowest BCUT2D eigenvalue weighted by molar-refractivity contribution is 0.0966. The van der Waals surface area contributed by atoms with Crippen LogP contribution in [0.1, 0.15) is 55.2 Å². The van der Waals surface area contributed by atoms with Crippen molar-refractivity contribution < 1.29 is 19.0 Å². The van der Waals surface area contributed by atoms with Crippen LogP contribution in [0, 0.1) is 0 Å². The number of nitrogens with one attached hydrogen (secondary N) is 1. The lowest BCUT2D eigenvalue weighted by atomic mass is 10.1. The number of benzene rings is 1. The van der Waals surface area contributed by atoms with Crippen LogP contribution in [0.3, 0.4) is 0 Å². The summed E-state index contributed by atoms with van der Waals surface area (Å²) in [6.45, 7) is 3.11. The van der Waals surface area contributed by atoms with E-state index in [2.05, 4.69) is 27.0 Å². The minimum atomic E-state index is -0.271. The van der Waals surface area contributed by atoms with E-state index in [1.54, 1.807) is 18.5 Å². The van der Waals surface area contributed by atoms with Gasteiger partial charge < -0.3 is 24.1 Å². The highest BCUT2D eigenvalue weighted by Gasteiger charge is 2.18. The first-order valence-corrected chi connectivity index (χ1v) is 11.2. The maximum atomic E-state index is 12.9. The first-order valence-electron chi connectivity index (χ1n) is 11.2. The average molecular weight is 453 g/mol. The summed E-state index contributed by atoms with van der Waals surface area (Å²) in [5, 5.41) is 11.4. The van der Waals surface area contributed by atoms with Gasteiger partial charge in [-0.2, -0.15) is 0 Å². The quantitative estimate of drug-likeness (QED) is 0.504. The molecule has 0 saturated heterocycles. The maximum Gasteiger partial charge on any atom is 0.255 e. The highest BCUT2D eigenvalue weighted by molar-refractivity contribution is 5.97. The van der Waals surface area contributed by atoms with Crippen LogP contribution in [0.25, 0.3) is 5.57 Å². The molecule has 8 nitrogen and oxygen atoms in total. The van der Waals surface area contributed by atoms with Crippen LogP contribution < -0.4 is 19.5 Å². The molecule has 1 amide bonds. The second kappa shape index (κ2) is 11.9. The molecule has 0 fully saturated rings. The van der Waals surface area contributed by atoms with Gasteiger partial charge in [0.1, 0.15) is 6.33 Å². The molecule has 1 heterocycles. The van der Waals surface area contributed by atoms with Crippen molar-refractivity contribution in [3.8, 4) is 17.2 Å². The number of rotatable bonds is 11. The molecule has 1 aliphatic carbocycles. The van der Waals surface area contributed by atoms with Crippen molar-refractivity contribution in [3.63, 3.8) is 0 Å². The Bertz CT molecular complexity index is 1030. The Morgan fingerprint density at radius 1 is 1.09 bits per heavy atom. The zero-order valence-corrected chi connectivity index (χ0v) is 19.8. The number of hydrogen-bond acceptors (Lipinski definition) is 6. The number of aryl methyl sites for hydroxylation is 1. The molecule has 0 aliphatic heterocycles. The zero-order chi connectivity index (χ0) is 23.6. The minimum absolute atomic E-state index is 0.271. The van der Waals surface area contributed by atoms with E-state index >= 15 is 0 Å². The van der Waals surface area contributed by atoms with Crippen molar-refractivity contribution in [1.29, 1.82) is 0 Å². The van der Waals surface area contributed by atoms with Gasteiger partial charge in [-0.3, -0.25) is 4.79 Å². The molecule has 3 rings (SSSR count). The van der Waals surface area contributed by atoms with Gasteiger partial charge in [-0.1, -0.05) is 44.4 Å². The Hall–Kier alpha value is -3.55. The van der Waals surface area contributed by atoms with Gasteiger partial charge in [-0.05, 0) is 31.1 Å². The second-order valence-electron chi connectivity index (χ2n) is 7.69. The van der Waals surface area contributed by atoms with Crippen LogP contribution in [0.5, 0.6) is 17.2 Å². The predicted molar refractivity (Wildman–Crippen MR) is 128 cm³/mol. The van der Waals surface area contributed by atoms with Crippen molar-refractivity contribution >= 4 is 11.5 Å². The third-order valence-corrected chi connectivity index (χ3v) is 5.46. The fourth-order valence-electron chi connectivity index (χ4n) is 3.67. The van der Waals surface area contributed by atoms with Gasteiger partial charge >= 0.3 is 0 Å². The number of nitrogens with zero attached hydrogens (tertiary/aromatic N) is 3. The van der Waals surface area contributed by atoms with Gasteiger partial charge in [0.05, 0.1) is 21.3 Å². The summed E-state index contributed by atoms with van der Waals surface area (Å²) in [4.78, 5) is 12.9. The fourth-order valence-corrected chi connectivity index (χ4v) is 3.67. The summed E-state index contributed by atoms with van der Waals surface area (Å²) in [7, 11) is 4.56. The van der Waals surface area contributed by atoms with E-state index in [0.717, 1.165) is 24.4 Å². The first kappa shape index (κ1) is 24.1. The van der Waals surface area contributed by atoms with E-state index in [-0.39, 0.29) is 5.91 Å². The Morgan fingerprint density at radius 3 is 2.52 bits per heavy atom. The van der Waals surface area contributed by atoms with Crippen LogP contribution in [0.15, 0.2) is 48.5 Å². The van der Waals surface area contributed by atoms with E-state index in [4.69, 9.17) is 14.2 Å². The molecule has 33 heavy (non-hydrogen) atoms. The molecular weight excluding hydrogens is 420 g/mol. The van der Waals surface area contributed by atoms with E-state index in [1.807, 2.05) is 24.3 Å². The number of amides is 1. The second-order valence-corrected chi connectivity index (χ2v) is 7.69. The molecule has 0 unspecified atom stereocenters. The number of aromatic nitrogens is 3. The summed E-state index contributed by atoms with van der Waals surface area (Å²) < 4.78 is 18.1. The van der Waals surface area contributed by atoms with Crippen LogP contribution >= 0.6 is 0 Å². The largest absolute Gasteiger partial charge is 0.493 e. The summed E-state index contributed by atoms with van der Waals surface area (Å²) in [5.74, 6) is 1.89. The van der Waals surface area contributed by atoms with E-state index < -0.39 is 0 Å². The van der Waals surface area contributed by atoms with Crippen LogP contribution in [-0.4, -0.2) is 42.0 Å². The molecule has 0 bridgehead atoms. The highest BCUT2D eigenvalue weighted by atomic mass is 16.5. The monoisotopic (exact) mass is 452 g/mol. The summed E-state index contributed by atoms with van der Waals surface area (Å²) in [6.07, 6.45) is 14.9. The fraction of sp³-hybridized carbons (Fsp3) is 0.400. The molecular formula is C25H32N4O4. The Labute approximate surface area is 194 Å². The molecule has 2 aromatic rings. The van der Waals surface area contributed by atoms with Gasteiger partial charge in [0.25, 0.3) is 5.91 Å². The molecule has 0 spiro atoms. The normalized spacial score (nSPS) is 13.1. The zero-order valence-electron chi connectivity index (χ0n) is 19.8. The summed E-state index contributed by atoms with van der Waals surface area (Å²) in [6, 6.07) is 3.25. The molecule has 176 valence electrons. The topological polar surface area (TPSA) is 87.5 Å². The lowest BCUT2D eigenvalue weighted by Crippen LogP contribution is -2.22. The molecule has 1 N–H and O–H groups in total. The summed E-state index contributed by atoms with van der Waals surface area (Å²) in [5.41, 5.74) is 2.16. The number of carbonyl (C=O) groups is 1. The smallest absolute Gasteiger partial charge is 0.255 e. The molecule has 1 aliphatic rings. The number of hydrogen-bond donors (Lipinski definition) is 1. The number of carbonyl (C=O) groups excluding carboxylic acids is 1. The van der Waals surface area contributed by atoms with Crippen LogP contribution in [-0.2, 0) is 6.54 Å². The van der Waals surface area contributed by atoms with Crippen LogP contribution in [0.4, 0.5) is 0 Å². The Morgan fingerprint density at radius 2 is 1.85 bits per heavy atom. The standard InChI is InChI=1S/C25H32N4O4/c1-5-6-7-8-14-29-17-26-28-24(29)18-10-9-11-20(13-12-18)27-25(30)19-15-21(31-2)23(33-4)22(16-19)32-3/h9-11,13,15-17H,5-8,12,14H2,1-4H3,(H,27,30). The first-order chi connectivity index (χ1) is 16.1. The Kier molecular flexibility index (Phi) is 8.69. The lowest BCUT2D eigenvalue weighted by Gasteiger charge is -2.14. The Balaban J connectivity index is 1.70. The predicted octanol–water partition coefficient (Wildman–Crippen LogP) is 4.54. The molecule has 0 radical (unpaired) electrons. The molecule has 0 atom stereocenters.